The number of nitrogens with two attached hydrogens (primary N) is 1. The molecule has 4 nitrogen and oxygen atoms in total. The largest absolute Gasteiger partial charge is 0.399 e. The van der Waals surface area contributed by atoms with Gasteiger partial charge < -0.3 is 5.73 Å². The van der Waals surface area contributed by atoms with E-state index in [9.17, 15) is 17.2 Å². The first-order valence-electron chi connectivity index (χ1n) is 6.11. The quantitative estimate of drug-likeness (QED) is 0.843. The highest BCUT2D eigenvalue weighted by Gasteiger charge is 2.34. The van der Waals surface area contributed by atoms with Crippen LogP contribution in [0.15, 0.2) is 17.0 Å². The number of sulfonamides is 1. The molecule has 0 aliphatic heterocycles. The molecule has 2 rings (SSSR count). The second-order valence-corrected chi connectivity index (χ2v) is 6.59. The van der Waals surface area contributed by atoms with Gasteiger partial charge in [-0.15, -0.1) is 0 Å². The Hall–Kier alpha value is -1.21. The summed E-state index contributed by atoms with van der Waals surface area (Å²) in [5.41, 5.74) is 5.14. The lowest BCUT2D eigenvalue weighted by atomic mass is 10.3. The lowest BCUT2D eigenvalue weighted by Gasteiger charge is -2.21. The van der Waals surface area contributed by atoms with Gasteiger partial charge in [0, 0.05) is 18.8 Å². The van der Waals surface area contributed by atoms with Crippen molar-refractivity contribution in [3.63, 3.8) is 0 Å². The van der Waals surface area contributed by atoms with Gasteiger partial charge in [0.2, 0.25) is 10.0 Å². The van der Waals surface area contributed by atoms with Crippen LogP contribution < -0.4 is 5.73 Å². The molecule has 0 saturated heterocycles. The number of hydrogen-bond acceptors (Lipinski definition) is 3. The highest BCUT2D eigenvalue weighted by Crippen LogP contribution is 2.32. The molecule has 0 heterocycles. The van der Waals surface area contributed by atoms with Gasteiger partial charge in [-0.3, -0.25) is 0 Å². The minimum absolute atomic E-state index is 0.140. The third kappa shape index (κ3) is 2.87. The van der Waals surface area contributed by atoms with Gasteiger partial charge >= 0.3 is 0 Å². The van der Waals surface area contributed by atoms with E-state index in [0.717, 1.165) is 29.3 Å². The van der Waals surface area contributed by atoms with Crippen molar-refractivity contribution in [1.29, 1.82) is 0 Å². The Balaban J connectivity index is 2.42. The second-order valence-electron chi connectivity index (χ2n) is 4.71. The van der Waals surface area contributed by atoms with Crippen molar-refractivity contribution < 1.29 is 17.2 Å². The molecule has 0 radical (unpaired) electrons. The smallest absolute Gasteiger partial charge is 0.248 e. The molecule has 1 fully saturated rings. The van der Waals surface area contributed by atoms with Crippen LogP contribution in [0.4, 0.5) is 14.5 Å². The van der Waals surface area contributed by atoms with Gasteiger partial charge in [-0.05, 0) is 30.9 Å². The van der Waals surface area contributed by atoms with E-state index in [1.54, 1.807) is 6.92 Å². The summed E-state index contributed by atoms with van der Waals surface area (Å²) in [5.74, 6) is -1.99. The van der Waals surface area contributed by atoms with Crippen molar-refractivity contribution in [3.8, 4) is 0 Å². The summed E-state index contributed by atoms with van der Waals surface area (Å²) >= 11 is 0. The fourth-order valence-electron chi connectivity index (χ4n) is 1.94. The fraction of sp³-hybridized carbons (Fsp3) is 0.500. The minimum Gasteiger partial charge on any atom is -0.399 e. The highest BCUT2D eigenvalue weighted by molar-refractivity contribution is 7.89. The molecule has 106 valence electrons. The molecule has 7 heteroatoms. The van der Waals surface area contributed by atoms with Gasteiger partial charge in [-0.2, -0.15) is 4.31 Å². The maximum absolute atomic E-state index is 13.7. The van der Waals surface area contributed by atoms with Crippen molar-refractivity contribution >= 4 is 15.7 Å². The fourth-order valence-corrected chi connectivity index (χ4v) is 3.56. The normalized spacial score (nSPS) is 16.0. The zero-order valence-electron chi connectivity index (χ0n) is 10.6. The Morgan fingerprint density at radius 3 is 2.26 bits per heavy atom. The number of hydrogen-bond donors (Lipinski definition) is 1. The lowest BCUT2D eigenvalue weighted by molar-refractivity contribution is 0.403. The van der Waals surface area contributed by atoms with Crippen LogP contribution in [0, 0.1) is 17.6 Å². The molecule has 1 aromatic rings. The van der Waals surface area contributed by atoms with Crippen molar-refractivity contribution in [2.75, 3.05) is 18.8 Å². The number of halogens is 2. The van der Waals surface area contributed by atoms with E-state index >= 15 is 0 Å². The van der Waals surface area contributed by atoms with E-state index in [2.05, 4.69) is 0 Å². The molecule has 1 aromatic carbocycles. The molecule has 0 unspecified atom stereocenters. The van der Waals surface area contributed by atoms with E-state index in [1.165, 1.54) is 0 Å². The predicted molar refractivity (Wildman–Crippen MR) is 67.9 cm³/mol. The average Bonchev–Trinajstić information content (AvgIpc) is 3.07. The maximum Gasteiger partial charge on any atom is 0.248 e. The first-order valence-corrected chi connectivity index (χ1v) is 7.55. The van der Waals surface area contributed by atoms with E-state index < -0.39 is 26.6 Å². The highest BCUT2D eigenvalue weighted by atomic mass is 32.2. The molecule has 0 bridgehead atoms. The number of anilines is 1. The van der Waals surface area contributed by atoms with Crippen LogP contribution >= 0.6 is 0 Å². The second kappa shape index (κ2) is 5.05. The SMILES string of the molecule is CCN(CC1CC1)S(=O)(=O)c1c(F)cc(N)cc1F. The van der Waals surface area contributed by atoms with Gasteiger partial charge in [-0.1, -0.05) is 6.92 Å². The Morgan fingerprint density at radius 2 is 1.84 bits per heavy atom. The molecule has 1 aliphatic rings. The molecule has 0 atom stereocenters. The summed E-state index contributed by atoms with van der Waals surface area (Å²) in [6, 6.07) is 1.64. The van der Waals surface area contributed by atoms with Crippen LogP contribution in [0.2, 0.25) is 0 Å². The topological polar surface area (TPSA) is 63.4 Å². The van der Waals surface area contributed by atoms with Gasteiger partial charge in [-0.25, -0.2) is 17.2 Å². The summed E-state index contributed by atoms with van der Waals surface area (Å²) in [5, 5.41) is 0. The summed E-state index contributed by atoms with van der Waals surface area (Å²) in [6.45, 7) is 2.14. The summed E-state index contributed by atoms with van der Waals surface area (Å²) in [7, 11) is -4.16. The Kier molecular flexibility index (Phi) is 3.78. The van der Waals surface area contributed by atoms with E-state index in [1.807, 2.05) is 0 Å². The van der Waals surface area contributed by atoms with Gasteiger partial charge in [0.15, 0.2) is 4.90 Å². The molecule has 1 aliphatic carbocycles. The first kappa shape index (κ1) is 14.2. The Labute approximate surface area is 111 Å². The standard InChI is InChI=1S/C12H16F2N2O2S/c1-2-16(7-8-3-4-8)19(17,18)12-10(13)5-9(15)6-11(12)14/h5-6,8H,2-4,7,15H2,1H3. The Morgan fingerprint density at radius 1 is 1.32 bits per heavy atom. The van der Waals surface area contributed by atoms with Crippen LogP contribution in [0.3, 0.4) is 0 Å². The number of nitrogens with zero attached hydrogens (tertiary/aromatic N) is 1. The average molecular weight is 290 g/mol. The molecule has 19 heavy (non-hydrogen) atoms. The Bertz CT molecular complexity index is 562. The zero-order chi connectivity index (χ0) is 14.2. The van der Waals surface area contributed by atoms with Crippen molar-refractivity contribution in [3.05, 3.63) is 23.8 Å². The molecule has 2 N–H and O–H groups in total. The van der Waals surface area contributed by atoms with Crippen LogP contribution in [-0.2, 0) is 10.0 Å². The number of rotatable bonds is 5. The molecule has 1 saturated carbocycles. The summed E-state index contributed by atoms with van der Waals surface area (Å²) in [6.07, 6.45) is 1.91. The van der Waals surface area contributed by atoms with Crippen LogP contribution in [0.5, 0.6) is 0 Å². The summed E-state index contributed by atoms with van der Waals surface area (Å²) in [4.78, 5) is -0.913. The molecule has 0 spiro atoms. The van der Waals surface area contributed by atoms with Crippen LogP contribution in [-0.4, -0.2) is 25.8 Å². The maximum atomic E-state index is 13.7. The third-order valence-corrected chi connectivity index (χ3v) is 5.12. The van der Waals surface area contributed by atoms with E-state index in [0.29, 0.717) is 12.5 Å². The first-order chi connectivity index (χ1) is 8.86. The molecule has 0 amide bonds. The molecular formula is C12H16F2N2O2S. The van der Waals surface area contributed by atoms with Crippen molar-refractivity contribution in [1.82, 2.24) is 4.31 Å². The van der Waals surface area contributed by atoms with Gasteiger partial charge in [0.25, 0.3) is 0 Å². The number of nitrogen functional groups attached to an aromatic ring is 1. The minimum atomic E-state index is -4.16. The zero-order valence-corrected chi connectivity index (χ0v) is 11.4. The van der Waals surface area contributed by atoms with Crippen LogP contribution in [0.1, 0.15) is 19.8 Å². The van der Waals surface area contributed by atoms with Crippen molar-refractivity contribution in [2.45, 2.75) is 24.7 Å². The monoisotopic (exact) mass is 290 g/mol. The van der Waals surface area contributed by atoms with E-state index in [4.69, 9.17) is 5.73 Å². The van der Waals surface area contributed by atoms with Gasteiger partial charge in [0.1, 0.15) is 11.6 Å². The predicted octanol–water partition coefficient (Wildman–Crippen LogP) is 1.97. The number of benzene rings is 1. The molecule has 0 aromatic heterocycles. The van der Waals surface area contributed by atoms with Crippen LogP contribution in [0.25, 0.3) is 0 Å². The van der Waals surface area contributed by atoms with E-state index in [-0.39, 0.29) is 12.2 Å². The lowest BCUT2D eigenvalue weighted by Crippen LogP contribution is -2.34. The van der Waals surface area contributed by atoms with Crippen molar-refractivity contribution in [2.24, 2.45) is 5.92 Å². The summed E-state index contributed by atoms with van der Waals surface area (Å²) < 4.78 is 53.1. The third-order valence-electron chi connectivity index (χ3n) is 3.13. The molecular weight excluding hydrogens is 274 g/mol. The van der Waals surface area contributed by atoms with Gasteiger partial charge in [0.05, 0.1) is 0 Å².